The van der Waals surface area contributed by atoms with Gasteiger partial charge in [-0.05, 0) is 19.3 Å². The molecule has 0 spiro atoms. The highest BCUT2D eigenvalue weighted by molar-refractivity contribution is 6.17. The van der Waals surface area contributed by atoms with E-state index in [9.17, 15) is 0 Å². The number of ether oxygens (including phenoxy) is 11. The molecule has 320 valence electrons. The van der Waals surface area contributed by atoms with Crippen molar-refractivity contribution in [1.82, 2.24) is 0 Å². The largest absolute Gasteiger partial charge is 0.379 e. The van der Waals surface area contributed by atoms with Gasteiger partial charge in [-0.2, -0.15) is 0 Å². The molecule has 53 heavy (non-hydrogen) atoms. The van der Waals surface area contributed by atoms with E-state index >= 15 is 0 Å². The third kappa shape index (κ3) is 51.9. The van der Waals surface area contributed by atoms with Crippen molar-refractivity contribution >= 4 is 11.6 Å². The lowest BCUT2D eigenvalue weighted by Crippen LogP contribution is -2.15. The lowest BCUT2D eigenvalue weighted by molar-refractivity contribution is -0.0275. The van der Waals surface area contributed by atoms with Crippen molar-refractivity contribution in [3.63, 3.8) is 0 Å². The molecule has 0 unspecified atom stereocenters. The molecule has 0 aromatic rings. The summed E-state index contributed by atoms with van der Waals surface area (Å²) in [5, 5.41) is 0. The van der Waals surface area contributed by atoms with Gasteiger partial charge in [0.05, 0.1) is 132 Å². The van der Waals surface area contributed by atoms with Gasteiger partial charge in [-0.25, -0.2) is 0 Å². The molecule has 11 nitrogen and oxygen atoms in total. The monoisotopic (exact) mass is 787 g/mol. The molecular weight excluding hydrogens is 704 g/mol. The minimum absolute atomic E-state index is 0.524. The Balaban J connectivity index is 3.05. The molecule has 0 rings (SSSR count). The van der Waals surface area contributed by atoms with E-state index < -0.39 is 0 Å². The zero-order chi connectivity index (χ0) is 38.1. The molecule has 0 heterocycles. The zero-order valence-electron chi connectivity index (χ0n) is 34.2. The minimum atomic E-state index is 0.524. The van der Waals surface area contributed by atoms with Crippen LogP contribution in [0.4, 0.5) is 0 Å². The summed E-state index contributed by atoms with van der Waals surface area (Å²) < 4.78 is 60.9. The van der Waals surface area contributed by atoms with E-state index in [1.165, 1.54) is 89.9 Å². The summed E-state index contributed by atoms with van der Waals surface area (Å²) in [6, 6.07) is 0. The third-order valence-corrected chi connectivity index (χ3v) is 8.55. The van der Waals surface area contributed by atoms with E-state index in [0.717, 1.165) is 38.4 Å². The van der Waals surface area contributed by atoms with Crippen LogP contribution in [0.1, 0.15) is 116 Å². The lowest BCUT2D eigenvalue weighted by atomic mass is 10.0. The summed E-state index contributed by atoms with van der Waals surface area (Å²) in [5.74, 6) is 0.746. The Hall–Kier alpha value is -0.150. The van der Waals surface area contributed by atoms with Gasteiger partial charge < -0.3 is 52.1 Å². The molecule has 0 aliphatic rings. The van der Waals surface area contributed by atoms with Crippen molar-refractivity contribution in [3.8, 4) is 0 Å². The van der Waals surface area contributed by atoms with Gasteiger partial charge in [-0.3, -0.25) is 0 Å². The summed E-state index contributed by atoms with van der Waals surface area (Å²) in [6.45, 7) is 15.0. The summed E-state index contributed by atoms with van der Waals surface area (Å²) in [4.78, 5) is 0. The molecule has 0 N–H and O–H groups in total. The number of rotatable bonds is 50. The third-order valence-electron chi connectivity index (χ3n) is 8.28. The molecule has 0 aromatic carbocycles. The van der Waals surface area contributed by atoms with Crippen LogP contribution in [0.25, 0.3) is 0 Å². The van der Waals surface area contributed by atoms with Gasteiger partial charge in [0, 0.05) is 19.1 Å². The molecule has 0 aliphatic carbocycles. The highest BCUT2D eigenvalue weighted by Gasteiger charge is 1.98. The highest BCUT2D eigenvalue weighted by Crippen LogP contribution is 2.12. The topological polar surface area (TPSA) is 102 Å². The first-order valence-electron chi connectivity index (χ1n) is 21.3. The molecule has 0 aliphatic heterocycles. The second-order valence-electron chi connectivity index (χ2n) is 13.1. The fourth-order valence-corrected chi connectivity index (χ4v) is 5.36. The Kier molecular flexibility index (Phi) is 51.7. The first kappa shape index (κ1) is 52.9. The van der Waals surface area contributed by atoms with Gasteiger partial charge in [0.2, 0.25) is 0 Å². The molecule has 0 saturated heterocycles. The van der Waals surface area contributed by atoms with Gasteiger partial charge in [0.15, 0.2) is 0 Å². The van der Waals surface area contributed by atoms with Crippen LogP contribution in [-0.4, -0.2) is 151 Å². The van der Waals surface area contributed by atoms with Crippen LogP contribution in [0.3, 0.4) is 0 Å². The summed E-state index contributed by atoms with van der Waals surface area (Å²) in [5.41, 5.74) is 0. The fraction of sp³-hybridized carbons (Fsp3) is 1.00. The normalized spacial score (nSPS) is 11.7. The number of alkyl halides is 1. The van der Waals surface area contributed by atoms with Crippen molar-refractivity contribution in [2.45, 2.75) is 116 Å². The van der Waals surface area contributed by atoms with Gasteiger partial charge in [-0.15, -0.1) is 11.6 Å². The SMILES string of the molecule is CCCCCCCCCCCCCCCOCCOCCOCCOCCOCCOCCOCCOCCOCCOCCOCCCCCCCl. The van der Waals surface area contributed by atoms with Crippen LogP contribution < -0.4 is 0 Å². The molecule has 0 atom stereocenters. The first-order chi connectivity index (χ1) is 26.4. The van der Waals surface area contributed by atoms with Gasteiger partial charge in [0.1, 0.15) is 0 Å². The average molecular weight is 788 g/mol. The van der Waals surface area contributed by atoms with E-state index in [4.69, 9.17) is 63.7 Å². The standard InChI is InChI=1S/C41H83ClO11/c1-2-3-4-5-6-7-8-9-10-11-12-14-17-20-43-22-24-45-26-28-47-30-32-49-34-36-51-38-40-53-41-39-52-37-35-50-33-31-48-29-27-46-25-23-44-21-18-15-13-16-19-42/h2-41H2,1H3. The summed E-state index contributed by atoms with van der Waals surface area (Å²) >= 11 is 5.66. The molecule has 0 radical (unpaired) electrons. The molecule has 12 heteroatoms. The van der Waals surface area contributed by atoms with Crippen LogP contribution in [0.15, 0.2) is 0 Å². The number of unbranched alkanes of at least 4 members (excludes halogenated alkanes) is 15. The van der Waals surface area contributed by atoms with Gasteiger partial charge in [-0.1, -0.05) is 96.8 Å². The molecule has 0 fully saturated rings. The maximum atomic E-state index is 5.68. The van der Waals surface area contributed by atoms with Crippen molar-refractivity contribution < 1.29 is 52.1 Å². The number of hydrogen-bond acceptors (Lipinski definition) is 11. The van der Waals surface area contributed by atoms with Gasteiger partial charge in [0.25, 0.3) is 0 Å². The predicted octanol–water partition coefficient (Wildman–Crippen LogP) is 8.06. The maximum Gasteiger partial charge on any atom is 0.0701 e. The average Bonchev–Trinajstić information content (AvgIpc) is 3.17. The maximum absolute atomic E-state index is 5.68. The Morgan fingerprint density at radius 3 is 0.585 bits per heavy atom. The quantitative estimate of drug-likeness (QED) is 0.0442. The predicted molar refractivity (Wildman–Crippen MR) is 214 cm³/mol. The van der Waals surface area contributed by atoms with E-state index in [0.29, 0.717) is 132 Å². The Morgan fingerprint density at radius 2 is 0.377 bits per heavy atom. The fourth-order valence-electron chi connectivity index (χ4n) is 5.18. The second-order valence-corrected chi connectivity index (χ2v) is 13.5. The summed E-state index contributed by atoms with van der Waals surface area (Å²) in [6.07, 6.45) is 22.3. The molecule has 0 bridgehead atoms. The second kappa shape index (κ2) is 51.9. The van der Waals surface area contributed by atoms with E-state index in [-0.39, 0.29) is 0 Å². The molecule has 0 amide bonds. The van der Waals surface area contributed by atoms with E-state index in [1.807, 2.05) is 0 Å². The van der Waals surface area contributed by atoms with Crippen molar-refractivity contribution in [2.24, 2.45) is 0 Å². The van der Waals surface area contributed by atoms with Crippen LogP contribution in [0.5, 0.6) is 0 Å². The molecule has 0 saturated carbocycles. The van der Waals surface area contributed by atoms with Gasteiger partial charge >= 0.3 is 0 Å². The van der Waals surface area contributed by atoms with Crippen molar-refractivity contribution in [1.29, 1.82) is 0 Å². The molecule has 0 aromatic heterocycles. The Labute approximate surface area is 330 Å². The highest BCUT2D eigenvalue weighted by atomic mass is 35.5. The molecular formula is C41H83ClO11. The smallest absolute Gasteiger partial charge is 0.0701 e. The first-order valence-corrected chi connectivity index (χ1v) is 21.9. The van der Waals surface area contributed by atoms with E-state index in [1.54, 1.807) is 0 Å². The van der Waals surface area contributed by atoms with Crippen LogP contribution in [0.2, 0.25) is 0 Å². The van der Waals surface area contributed by atoms with Crippen molar-refractivity contribution in [3.05, 3.63) is 0 Å². The zero-order valence-corrected chi connectivity index (χ0v) is 34.9. The van der Waals surface area contributed by atoms with E-state index in [2.05, 4.69) is 6.92 Å². The van der Waals surface area contributed by atoms with Crippen LogP contribution in [0, 0.1) is 0 Å². The number of halogens is 1. The van der Waals surface area contributed by atoms with Crippen LogP contribution in [-0.2, 0) is 52.1 Å². The number of hydrogen-bond donors (Lipinski definition) is 0. The Bertz CT molecular complexity index is 574. The Morgan fingerprint density at radius 1 is 0.208 bits per heavy atom. The lowest BCUT2D eigenvalue weighted by Gasteiger charge is -2.09. The minimum Gasteiger partial charge on any atom is -0.379 e. The van der Waals surface area contributed by atoms with Crippen LogP contribution >= 0.6 is 11.6 Å². The summed E-state index contributed by atoms with van der Waals surface area (Å²) in [7, 11) is 0. The van der Waals surface area contributed by atoms with Crippen molar-refractivity contribution in [2.75, 3.05) is 151 Å².